The normalized spacial score (nSPS) is 20.4. The number of ether oxygens (including phenoxy) is 2. The number of rotatable bonds is 7. The number of hydrogen-bond acceptors (Lipinski definition) is 9. The van der Waals surface area contributed by atoms with Gasteiger partial charge in [-0.25, -0.2) is 9.78 Å². The molecule has 3 unspecified atom stereocenters. The summed E-state index contributed by atoms with van der Waals surface area (Å²) in [5.74, 6) is -1.46. The quantitative estimate of drug-likeness (QED) is 0.250. The number of aromatic nitrogens is 1. The molecule has 3 atom stereocenters. The van der Waals surface area contributed by atoms with E-state index in [1.807, 2.05) is 49.6 Å². The predicted octanol–water partition coefficient (Wildman–Crippen LogP) is 5.15. The van der Waals surface area contributed by atoms with Gasteiger partial charge < -0.3 is 14.8 Å². The molecule has 1 aromatic heterocycles. The summed E-state index contributed by atoms with van der Waals surface area (Å²) in [5, 5.41) is 15.9. The third-order valence-electron chi connectivity index (χ3n) is 6.29. The van der Waals surface area contributed by atoms with E-state index in [2.05, 4.69) is 10.3 Å². The lowest BCUT2D eigenvalue weighted by Crippen LogP contribution is -2.60. The topological polar surface area (TPSA) is 121 Å². The number of carbonyl (C=O) groups excluding carboxylic acids is 2. The number of nitrogens with zero attached hydrogens (tertiary/aromatic N) is 2. The van der Waals surface area contributed by atoms with E-state index in [-0.39, 0.29) is 30.9 Å². The molecule has 1 aliphatic heterocycles. The Bertz CT molecular complexity index is 1260. The molecular formula is C28H31N3O6S. The van der Waals surface area contributed by atoms with E-state index in [4.69, 9.17) is 9.47 Å². The Morgan fingerprint density at radius 1 is 1.05 bits per heavy atom. The van der Waals surface area contributed by atoms with Crippen LogP contribution >= 0.6 is 11.3 Å². The second-order valence-electron chi connectivity index (χ2n) is 8.48. The second kappa shape index (κ2) is 13.0. The molecule has 38 heavy (non-hydrogen) atoms. The van der Waals surface area contributed by atoms with Crippen molar-refractivity contribution in [3.8, 4) is 0 Å². The minimum Gasteiger partial charge on any atom is -0.465 e. The molecule has 2 aromatic carbocycles. The summed E-state index contributed by atoms with van der Waals surface area (Å²) in [4.78, 5) is 40.7. The Morgan fingerprint density at radius 3 is 2.16 bits per heavy atom. The molecule has 1 N–H and O–H groups in total. The highest BCUT2D eigenvalue weighted by Gasteiger charge is 2.59. The van der Waals surface area contributed by atoms with Crippen LogP contribution < -0.4 is 5.32 Å². The van der Waals surface area contributed by atoms with Crippen LogP contribution in [0.5, 0.6) is 0 Å². The highest BCUT2D eigenvalue weighted by Crippen LogP contribution is 2.51. The number of hydrogen-bond donors (Lipinski definition) is 1. The number of non-ortho nitro benzene ring substituents is 1. The van der Waals surface area contributed by atoms with Gasteiger partial charge in [0, 0.05) is 35.4 Å². The zero-order valence-electron chi connectivity index (χ0n) is 21.7. The Kier molecular flexibility index (Phi) is 9.72. The minimum atomic E-state index is -1.17. The van der Waals surface area contributed by atoms with Crippen molar-refractivity contribution < 1.29 is 24.0 Å². The van der Waals surface area contributed by atoms with E-state index in [0.717, 1.165) is 5.56 Å². The summed E-state index contributed by atoms with van der Waals surface area (Å²) >= 11 is 1.42. The maximum absolute atomic E-state index is 13.6. The lowest BCUT2D eigenvalue weighted by Gasteiger charge is -2.47. The molecule has 0 bridgehead atoms. The molecule has 2 heterocycles. The smallest absolute Gasteiger partial charge is 0.336 e. The van der Waals surface area contributed by atoms with E-state index in [9.17, 15) is 19.7 Å². The fourth-order valence-corrected chi connectivity index (χ4v) is 5.55. The number of carbonyl (C=O) groups is 2. The third-order valence-corrected chi connectivity index (χ3v) is 7.13. The van der Waals surface area contributed by atoms with E-state index in [1.165, 1.54) is 23.5 Å². The number of nitro groups is 1. The zero-order valence-corrected chi connectivity index (χ0v) is 22.6. The Morgan fingerprint density at radius 2 is 1.66 bits per heavy atom. The SMILES string of the molecule is CCOC(=O)C1=C(C)NC(C)C(C(=O)OCC)(c2ccccc2)C1c1nccs1.O=[N+]([O-])c1ccccc1. The lowest BCUT2D eigenvalue weighted by molar-refractivity contribution is -0.384. The van der Waals surface area contributed by atoms with Gasteiger partial charge in [-0.1, -0.05) is 48.5 Å². The highest BCUT2D eigenvalue weighted by molar-refractivity contribution is 7.09. The number of esters is 2. The molecule has 1 aliphatic rings. The van der Waals surface area contributed by atoms with E-state index in [0.29, 0.717) is 16.3 Å². The molecule has 0 spiro atoms. The summed E-state index contributed by atoms with van der Waals surface area (Å²) in [6.45, 7) is 7.80. The number of nitro benzene ring substituents is 1. The standard InChI is InChI=1S/C22H26N2O4S.C6H5NO2/c1-5-27-20(25)17-14(3)24-15(4)22(21(26)28-6-2,16-10-8-7-9-11-16)18(17)19-23-12-13-29-19;8-7(9)6-4-2-1-3-5-6/h7-13,15,18,24H,5-6H2,1-4H3;1-5H. The fraction of sp³-hybridized carbons (Fsp3) is 0.321. The summed E-state index contributed by atoms with van der Waals surface area (Å²) in [6.07, 6.45) is 1.69. The third kappa shape index (κ3) is 5.75. The molecule has 0 saturated heterocycles. The van der Waals surface area contributed by atoms with Gasteiger partial charge in [0.25, 0.3) is 5.69 Å². The van der Waals surface area contributed by atoms with Crippen LogP contribution in [0.4, 0.5) is 5.69 Å². The Hall–Kier alpha value is -4.05. The van der Waals surface area contributed by atoms with Gasteiger partial charge in [-0.2, -0.15) is 0 Å². The van der Waals surface area contributed by atoms with E-state index < -0.39 is 22.2 Å². The van der Waals surface area contributed by atoms with Crippen LogP contribution in [-0.4, -0.2) is 41.1 Å². The van der Waals surface area contributed by atoms with Crippen molar-refractivity contribution in [1.82, 2.24) is 10.3 Å². The van der Waals surface area contributed by atoms with Crippen molar-refractivity contribution >= 4 is 29.0 Å². The number of allylic oxidation sites excluding steroid dienone is 1. The first kappa shape index (κ1) is 28.5. The minimum absolute atomic E-state index is 0.137. The Labute approximate surface area is 225 Å². The molecular weight excluding hydrogens is 506 g/mol. The second-order valence-corrected chi connectivity index (χ2v) is 9.40. The largest absolute Gasteiger partial charge is 0.465 e. The lowest BCUT2D eigenvalue weighted by atomic mass is 9.61. The number of thiazole rings is 1. The number of para-hydroxylation sites is 1. The van der Waals surface area contributed by atoms with E-state index >= 15 is 0 Å². The summed E-state index contributed by atoms with van der Waals surface area (Å²) in [5.41, 5.74) is 0.839. The molecule has 0 amide bonds. The maximum atomic E-state index is 13.6. The van der Waals surface area contributed by atoms with E-state index in [1.54, 1.807) is 38.2 Å². The average molecular weight is 538 g/mol. The van der Waals surface area contributed by atoms with Crippen LogP contribution in [0, 0.1) is 10.1 Å². The monoisotopic (exact) mass is 537 g/mol. The van der Waals surface area contributed by atoms with Crippen molar-refractivity contribution in [2.45, 2.75) is 45.1 Å². The van der Waals surface area contributed by atoms with Crippen LogP contribution in [0.15, 0.2) is 83.5 Å². The maximum Gasteiger partial charge on any atom is 0.336 e. The molecule has 0 radical (unpaired) electrons. The molecule has 3 aromatic rings. The molecule has 4 rings (SSSR count). The fourth-order valence-electron chi connectivity index (χ4n) is 4.73. The highest BCUT2D eigenvalue weighted by atomic mass is 32.1. The average Bonchev–Trinajstić information content (AvgIpc) is 3.45. The van der Waals surface area contributed by atoms with Crippen LogP contribution in [0.1, 0.15) is 44.2 Å². The van der Waals surface area contributed by atoms with Gasteiger partial charge in [-0.3, -0.25) is 14.9 Å². The number of nitrogens with one attached hydrogen (secondary N) is 1. The van der Waals surface area contributed by atoms with Crippen LogP contribution in [0.25, 0.3) is 0 Å². The molecule has 0 saturated carbocycles. The predicted molar refractivity (Wildman–Crippen MR) is 145 cm³/mol. The number of benzene rings is 2. The summed E-state index contributed by atoms with van der Waals surface area (Å²) < 4.78 is 11.0. The van der Waals surface area contributed by atoms with Crippen molar-refractivity contribution in [3.63, 3.8) is 0 Å². The van der Waals surface area contributed by atoms with Gasteiger partial charge >= 0.3 is 11.9 Å². The van der Waals surface area contributed by atoms with Crippen molar-refractivity contribution in [3.05, 3.63) is 104 Å². The molecule has 10 heteroatoms. The van der Waals surface area contributed by atoms with Crippen molar-refractivity contribution in [1.29, 1.82) is 0 Å². The first-order chi connectivity index (χ1) is 18.3. The Balaban J connectivity index is 0.000000375. The van der Waals surface area contributed by atoms with Gasteiger partial charge in [-0.05, 0) is 33.3 Å². The van der Waals surface area contributed by atoms with Gasteiger partial charge in [0.05, 0.1) is 29.6 Å². The zero-order chi connectivity index (χ0) is 27.7. The van der Waals surface area contributed by atoms with Crippen LogP contribution in [0.2, 0.25) is 0 Å². The first-order valence-electron chi connectivity index (χ1n) is 12.2. The van der Waals surface area contributed by atoms with Gasteiger partial charge in [0.1, 0.15) is 10.4 Å². The van der Waals surface area contributed by atoms with Crippen molar-refractivity contribution in [2.75, 3.05) is 13.2 Å². The summed E-state index contributed by atoms with van der Waals surface area (Å²) in [7, 11) is 0. The first-order valence-corrected chi connectivity index (χ1v) is 13.1. The summed E-state index contributed by atoms with van der Waals surface area (Å²) in [6, 6.07) is 17.1. The molecule has 9 nitrogen and oxygen atoms in total. The van der Waals surface area contributed by atoms with Crippen LogP contribution in [-0.2, 0) is 24.5 Å². The molecule has 200 valence electrons. The van der Waals surface area contributed by atoms with Gasteiger partial charge in [0.2, 0.25) is 0 Å². The van der Waals surface area contributed by atoms with Gasteiger partial charge in [0.15, 0.2) is 0 Å². The van der Waals surface area contributed by atoms with Gasteiger partial charge in [-0.15, -0.1) is 11.3 Å². The molecule has 0 aliphatic carbocycles. The molecule has 0 fully saturated rings. The van der Waals surface area contributed by atoms with Crippen LogP contribution in [0.3, 0.4) is 0 Å². The van der Waals surface area contributed by atoms with Crippen molar-refractivity contribution in [2.24, 2.45) is 0 Å².